The highest BCUT2D eigenvalue weighted by molar-refractivity contribution is 8.00. The molecule has 1 aromatic rings. The van der Waals surface area contributed by atoms with Crippen molar-refractivity contribution < 1.29 is 10.0 Å². The second-order valence-corrected chi connectivity index (χ2v) is 5.07. The summed E-state index contributed by atoms with van der Waals surface area (Å²) in [4.78, 5) is 1.13. The van der Waals surface area contributed by atoms with Gasteiger partial charge in [-0.25, -0.2) is 0 Å². The molecule has 2 atom stereocenters. The Balaban J connectivity index is 2.39. The molecule has 0 aromatic heterocycles. The first kappa shape index (κ1) is 12.3. The molecule has 2 rings (SSSR count). The molecule has 0 fully saturated rings. The molecule has 1 heterocycles. The standard InChI is InChI=1S/C13H13BO2S/c1-3-9-10-7-5-6-8-12(10)17-13(9)11(4-2)14(15)16/h1,4-9,13,15-16H,2H3/b11-4+. The first-order valence-electron chi connectivity index (χ1n) is 5.43. The van der Waals surface area contributed by atoms with E-state index in [2.05, 4.69) is 5.92 Å². The summed E-state index contributed by atoms with van der Waals surface area (Å²) in [5.41, 5.74) is 1.68. The molecule has 0 spiro atoms. The van der Waals surface area contributed by atoms with Crippen molar-refractivity contribution in [2.75, 3.05) is 0 Å². The predicted molar refractivity (Wildman–Crippen MR) is 71.6 cm³/mol. The zero-order valence-electron chi connectivity index (χ0n) is 9.50. The normalized spacial score (nSPS) is 23.1. The van der Waals surface area contributed by atoms with Gasteiger partial charge < -0.3 is 10.0 Å². The van der Waals surface area contributed by atoms with Crippen molar-refractivity contribution in [1.82, 2.24) is 0 Å². The van der Waals surface area contributed by atoms with E-state index in [0.29, 0.717) is 5.47 Å². The molecule has 0 amide bonds. The molecule has 17 heavy (non-hydrogen) atoms. The molecular formula is C13H13BO2S. The number of fused-ring (bicyclic) bond motifs is 1. The Kier molecular flexibility index (Phi) is 3.63. The van der Waals surface area contributed by atoms with Crippen LogP contribution in [-0.4, -0.2) is 22.4 Å². The van der Waals surface area contributed by atoms with Crippen LogP contribution < -0.4 is 0 Å². The van der Waals surface area contributed by atoms with Crippen LogP contribution in [0.2, 0.25) is 0 Å². The average molecular weight is 244 g/mol. The lowest BCUT2D eigenvalue weighted by molar-refractivity contribution is 0.416. The lowest BCUT2D eigenvalue weighted by Gasteiger charge is -2.17. The maximum absolute atomic E-state index is 9.37. The van der Waals surface area contributed by atoms with Crippen molar-refractivity contribution in [3.8, 4) is 12.3 Å². The molecule has 0 bridgehead atoms. The van der Waals surface area contributed by atoms with E-state index in [9.17, 15) is 10.0 Å². The van der Waals surface area contributed by atoms with Crippen LogP contribution in [0.3, 0.4) is 0 Å². The quantitative estimate of drug-likeness (QED) is 0.616. The summed E-state index contributed by atoms with van der Waals surface area (Å²) < 4.78 is 0. The largest absolute Gasteiger partial charge is 0.485 e. The molecule has 86 valence electrons. The fourth-order valence-electron chi connectivity index (χ4n) is 2.11. The Morgan fingerprint density at radius 1 is 1.47 bits per heavy atom. The molecule has 2 unspecified atom stereocenters. The van der Waals surface area contributed by atoms with E-state index in [1.165, 1.54) is 0 Å². The van der Waals surface area contributed by atoms with Gasteiger partial charge in [0.05, 0.1) is 5.92 Å². The van der Waals surface area contributed by atoms with Gasteiger partial charge in [0.15, 0.2) is 0 Å². The number of hydrogen-bond acceptors (Lipinski definition) is 3. The Hall–Kier alpha value is -1.15. The Morgan fingerprint density at radius 2 is 2.18 bits per heavy atom. The van der Waals surface area contributed by atoms with Crippen LogP contribution in [0.1, 0.15) is 18.4 Å². The Bertz CT molecular complexity index is 490. The van der Waals surface area contributed by atoms with Crippen molar-refractivity contribution in [1.29, 1.82) is 0 Å². The van der Waals surface area contributed by atoms with Gasteiger partial charge in [-0.15, -0.1) is 18.2 Å². The SMILES string of the molecule is C#CC1c2ccccc2SC1/C(=C\C)B(O)O. The third kappa shape index (κ3) is 2.14. The van der Waals surface area contributed by atoms with Crippen molar-refractivity contribution in [3.63, 3.8) is 0 Å². The second kappa shape index (κ2) is 5.01. The third-order valence-corrected chi connectivity index (χ3v) is 4.37. The van der Waals surface area contributed by atoms with Gasteiger partial charge >= 0.3 is 7.12 Å². The highest BCUT2D eigenvalue weighted by Crippen LogP contribution is 2.47. The second-order valence-electron chi connectivity index (χ2n) is 3.88. The summed E-state index contributed by atoms with van der Waals surface area (Å²) >= 11 is 1.60. The van der Waals surface area contributed by atoms with E-state index in [4.69, 9.17) is 6.42 Å². The van der Waals surface area contributed by atoms with Crippen LogP contribution >= 0.6 is 11.8 Å². The fourth-order valence-corrected chi connectivity index (χ4v) is 3.63. The summed E-state index contributed by atoms with van der Waals surface area (Å²) in [5, 5.41) is 18.7. The zero-order valence-corrected chi connectivity index (χ0v) is 10.3. The lowest BCUT2D eigenvalue weighted by atomic mass is 9.73. The number of rotatable bonds is 2. The van der Waals surface area contributed by atoms with E-state index in [1.54, 1.807) is 24.8 Å². The van der Waals surface area contributed by atoms with Gasteiger partial charge in [-0.2, -0.15) is 0 Å². The van der Waals surface area contributed by atoms with Crippen LogP contribution in [0.25, 0.3) is 0 Å². The minimum Gasteiger partial charge on any atom is -0.423 e. The van der Waals surface area contributed by atoms with E-state index in [0.717, 1.165) is 10.5 Å². The Morgan fingerprint density at radius 3 is 2.76 bits per heavy atom. The average Bonchev–Trinajstić information content (AvgIpc) is 2.67. The highest BCUT2D eigenvalue weighted by Gasteiger charge is 2.37. The molecule has 0 radical (unpaired) electrons. The molecule has 2 N–H and O–H groups in total. The molecule has 1 aliphatic heterocycles. The number of allylic oxidation sites excluding steroid dienone is 1. The lowest BCUT2D eigenvalue weighted by Crippen LogP contribution is -2.26. The van der Waals surface area contributed by atoms with Crippen LogP contribution in [-0.2, 0) is 0 Å². The van der Waals surface area contributed by atoms with E-state index >= 15 is 0 Å². The van der Waals surface area contributed by atoms with E-state index in [-0.39, 0.29) is 11.2 Å². The van der Waals surface area contributed by atoms with Gasteiger partial charge in [-0.05, 0) is 24.0 Å². The van der Waals surface area contributed by atoms with Gasteiger partial charge in [0.1, 0.15) is 0 Å². The Labute approximate surface area is 106 Å². The summed E-state index contributed by atoms with van der Waals surface area (Å²) in [6.07, 6.45) is 7.31. The fraction of sp³-hybridized carbons (Fsp3) is 0.231. The maximum atomic E-state index is 9.37. The minimum atomic E-state index is -1.44. The molecule has 4 heteroatoms. The third-order valence-electron chi connectivity index (χ3n) is 2.95. The van der Waals surface area contributed by atoms with Crippen molar-refractivity contribution in [2.24, 2.45) is 0 Å². The molecule has 0 saturated carbocycles. The topological polar surface area (TPSA) is 40.5 Å². The molecule has 2 nitrogen and oxygen atoms in total. The van der Waals surface area contributed by atoms with Crippen molar-refractivity contribution in [3.05, 3.63) is 41.4 Å². The van der Waals surface area contributed by atoms with E-state index in [1.807, 2.05) is 24.3 Å². The smallest absolute Gasteiger partial charge is 0.423 e. The predicted octanol–water partition coefficient (Wildman–Crippen LogP) is 1.84. The summed E-state index contributed by atoms with van der Waals surface area (Å²) in [6.45, 7) is 1.80. The van der Waals surface area contributed by atoms with Crippen LogP contribution in [0.5, 0.6) is 0 Å². The van der Waals surface area contributed by atoms with Gasteiger partial charge in [-0.1, -0.05) is 30.2 Å². The monoisotopic (exact) mass is 244 g/mol. The van der Waals surface area contributed by atoms with E-state index < -0.39 is 7.12 Å². The first-order valence-corrected chi connectivity index (χ1v) is 6.31. The first-order chi connectivity index (χ1) is 8.19. The van der Waals surface area contributed by atoms with Crippen molar-refractivity contribution >= 4 is 18.9 Å². The number of terminal acetylenes is 1. The molecule has 0 saturated heterocycles. The maximum Gasteiger partial charge on any atom is 0.485 e. The minimum absolute atomic E-state index is 0.0811. The van der Waals surface area contributed by atoms with Crippen molar-refractivity contribution in [2.45, 2.75) is 23.0 Å². The number of thioether (sulfide) groups is 1. The van der Waals surface area contributed by atoms with Gasteiger partial charge in [0.2, 0.25) is 0 Å². The number of hydrogen-bond donors (Lipinski definition) is 2. The summed E-state index contributed by atoms with van der Waals surface area (Å²) in [7, 11) is -1.44. The summed E-state index contributed by atoms with van der Waals surface area (Å²) in [5.74, 6) is 2.66. The zero-order chi connectivity index (χ0) is 12.4. The van der Waals surface area contributed by atoms with Crippen LogP contribution in [0.4, 0.5) is 0 Å². The van der Waals surface area contributed by atoms with Crippen LogP contribution in [0, 0.1) is 12.3 Å². The molecule has 1 aromatic carbocycles. The molecule has 1 aliphatic rings. The highest BCUT2D eigenvalue weighted by atomic mass is 32.2. The van der Waals surface area contributed by atoms with Gasteiger partial charge in [0.25, 0.3) is 0 Å². The van der Waals surface area contributed by atoms with Gasteiger partial charge in [-0.3, -0.25) is 0 Å². The summed E-state index contributed by atoms with van der Waals surface area (Å²) in [6, 6.07) is 7.94. The van der Waals surface area contributed by atoms with Gasteiger partial charge in [0, 0.05) is 10.1 Å². The molecule has 0 aliphatic carbocycles. The number of benzene rings is 1. The molecular weight excluding hydrogens is 231 g/mol. The van der Waals surface area contributed by atoms with Crippen LogP contribution in [0.15, 0.2) is 40.7 Å².